The molecule has 3 unspecified atom stereocenters. The van der Waals surface area contributed by atoms with Crippen molar-refractivity contribution in [2.45, 2.75) is 18.4 Å². The highest BCUT2D eigenvalue weighted by atomic mass is 35.5. The number of hydrogen-bond acceptors (Lipinski definition) is 4. The van der Waals surface area contributed by atoms with Crippen LogP contribution in [0.2, 0.25) is 5.02 Å². The maximum Gasteiger partial charge on any atom is 0.230 e. The first kappa shape index (κ1) is 21.5. The van der Waals surface area contributed by atoms with Gasteiger partial charge < -0.3 is 10.2 Å². The van der Waals surface area contributed by atoms with E-state index in [0.29, 0.717) is 16.3 Å². The fourth-order valence-electron chi connectivity index (χ4n) is 4.15. The Bertz CT molecular complexity index is 1180. The average molecular weight is 445 g/mol. The monoisotopic (exact) mass is 444 g/mol. The minimum atomic E-state index is -0.550. The van der Waals surface area contributed by atoms with Crippen molar-refractivity contribution >= 4 is 29.1 Å². The number of rotatable bonds is 5. The lowest BCUT2D eigenvalue weighted by atomic mass is 9.92. The zero-order valence-electron chi connectivity index (χ0n) is 17.4. The van der Waals surface area contributed by atoms with E-state index in [2.05, 4.69) is 16.4 Å². The molecule has 32 heavy (non-hydrogen) atoms. The van der Waals surface area contributed by atoms with Crippen molar-refractivity contribution in [1.82, 2.24) is 9.88 Å². The number of aromatic nitrogens is 1. The Balaban J connectivity index is 1.55. The molecular weight excluding hydrogens is 424 g/mol. The number of nitriles is 1. The molecule has 3 aromatic rings. The van der Waals surface area contributed by atoms with E-state index < -0.39 is 11.8 Å². The molecule has 2 aromatic carbocycles. The molecule has 1 fully saturated rings. The van der Waals surface area contributed by atoms with Gasteiger partial charge in [-0.3, -0.25) is 14.6 Å². The number of amides is 2. The first-order chi connectivity index (χ1) is 15.5. The van der Waals surface area contributed by atoms with E-state index in [1.165, 1.54) is 0 Å². The summed E-state index contributed by atoms with van der Waals surface area (Å²) in [5, 5.41) is 13.0. The van der Waals surface area contributed by atoms with Gasteiger partial charge in [0, 0.05) is 36.6 Å². The van der Waals surface area contributed by atoms with Gasteiger partial charge in [0.2, 0.25) is 11.8 Å². The molecule has 0 saturated carbocycles. The van der Waals surface area contributed by atoms with Gasteiger partial charge in [-0.2, -0.15) is 5.26 Å². The molecule has 0 radical (unpaired) electrons. The van der Waals surface area contributed by atoms with Gasteiger partial charge >= 0.3 is 0 Å². The predicted octanol–water partition coefficient (Wildman–Crippen LogP) is 4.55. The van der Waals surface area contributed by atoms with Gasteiger partial charge in [0.15, 0.2) is 0 Å². The lowest BCUT2D eigenvalue weighted by Gasteiger charge is -2.24. The van der Waals surface area contributed by atoms with Gasteiger partial charge in [-0.05, 0) is 34.9 Å². The standard InChI is InChI=1S/C25H21ClN4O2/c1-30-23(31)13-20(24(30)17-8-5-11-28-15-17)25(32)29-18-9-10-19(22(26)12-18)21(14-27)16-6-3-2-4-7-16/h2-12,15,20-21,24H,13H2,1H3,(H,29,32). The molecule has 0 bridgehead atoms. The second-order valence-electron chi connectivity index (χ2n) is 7.74. The Kier molecular flexibility index (Phi) is 6.20. The lowest BCUT2D eigenvalue weighted by Crippen LogP contribution is -2.30. The van der Waals surface area contributed by atoms with Crippen LogP contribution < -0.4 is 5.32 Å². The van der Waals surface area contributed by atoms with Crippen molar-refractivity contribution in [3.05, 3.63) is 94.8 Å². The van der Waals surface area contributed by atoms with E-state index in [1.807, 2.05) is 36.4 Å². The molecule has 4 rings (SSSR count). The van der Waals surface area contributed by atoms with E-state index in [0.717, 1.165) is 11.1 Å². The molecule has 1 saturated heterocycles. The molecule has 1 aliphatic rings. The minimum Gasteiger partial charge on any atom is -0.338 e. The highest BCUT2D eigenvalue weighted by Gasteiger charge is 2.42. The van der Waals surface area contributed by atoms with Crippen molar-refractivity contribution in [3.63, 3.8) is 0 Å². The summed E-state index contributed by atoms with van der Waals surface area (Å²) in [7, 11) is 1.70. The zero-order valence-corrected chi connectivity index (χ0v) is 18.2. The number of carbonyl (C=O) groups excluding carboxylic acids is 2. The Hall–Kier alpha value is -3.69. The topological polar surface area (TPSA) is 86.1 Å². The number of anilines is 1. The van der Waals surface area contributed by atoms with Crippen LogP contribution in [0.1, 0.15) is 35.1 Å². The Morgan fingerprint density at radius 2 is 2.00 bits per heavy atom. The van der Waals surface area contributed by atoms with Gasteiger partial charge in [-0.1, -0.05) is 54.1 Å². The quantitative estimate of drug-likeness (QED) is 0.625. The SMILES string of the molecule is CN1C(=O)CC(C(=O)Nc2ccc(C(C#N)c3ccccc3)c(Cl)c2)C1c1cccnc1. The summed E-state index contributed by atoms with van der Waals surface area (Å²) in [4.78, 5) is 31.1. The Morgan fingerprint density at radius 3 is 2.66 bits per heavy atom. The lowest BCUT2D eigenvalue weighted by molar-refractivity contribution is -0.127. The molecule has 1 aliphatic heterocycles. The number of benzene rings is 2. The van der Waals surface area contributed by atoms with Crippen molar-refractivity contribution < 1.29 is 9.59 Å². The van der Waals surface area contributed by atoms with E-state index >= 15 is 0 Å². The van der Waals surface area contributed by atoms with Crippen molar-refractivity contribution in [1.29, 1.82) is 5.26 Å². The summed E-state index contributed by atoms with van der Waals surface area (Å²) in [5.41, 5.74) is 2.84. The third-order valence-corrected chi connectivity index (χ3v) is 6.12. The van der Waals surface area contributed by atoms with Crippen LogP contribution in [0, 0.1) is 17.2 Å². The molecule has 160 valence electrons. The number of halogens is 1. The number of carbonyl (C=O) groups is 2. The van der Waals surface area contributed by atoms with E-state index in [1.54, 1.807) is 48.6 Å². The Morgan fingerprint density at radius 1 is 1.22 bits per heavy atom. The van der Waals surface area contributed by atoms with E-state index in [4.69, 9.17) is 11.6 Å². The summed E-state index contributed by atoms with van der Waals surface area (Å²) in [5.74, 6) is -1.41. The van der Waals surface area contributed by atoms with Crippen LogP contribution >= 0.6 is 11.6 Å². The van der Waals surface area contributed by atoms with Crippen molar-refractivity contribution in [2.24, 2.45) is 5.92 Å². The number of pyridine rings is 1. The Labute approximate surface area is 191 Å². The van der Waals surface area contributed by atoms with Crippen LogP contribution in [0.5, 0.6) is 0 Å². The second kappa shape index (κ2) is 9.21. The summed E-state index contributed by atoms with van der Waals surface area (Å²) < 4.78 is 0. The third kappa shape index (κ3) is 4.20. The second-order valence-corrected chi connectivity index (χ2v) is 8.15. The predicted molar refractivity (Wildman–Crippen MR) is 122 cm³/mol. The van der Waals surface area contributed by atoms with Crippen LogP contribution in [0.15, 0.2) is 73.1 Å². The van der Waals surface area contributed by atoms with Crippen LogP contribution in [-0.2, 0) is 9.59 Å². The van der Waals surface area contributed by atoms with Crippen LogP contribution in [0.25, 0.3) is 0 Å². The largest absolute Gasteiger partial charge is 0.338 e. The van der Waals surface area contributed by atoms with Gasteiger partial charge in [0.1, 0.15) is 0 Å². The maximum atomic E-state index is 13.1. The summed E-state index contributed by atoms with van der Waals surface area (Å²) in [6.07, 6.45) is 3.46. The van der Waals surface area contributed by atoms with E-state index in [-0.39, 0.29) is 24.3 Å². The highest BCUT2D eigenvalue weighted by Crippen LogP contribution is 2.38. The maximum absolute atomic E-state index is 13.1. The summed E-state index contributed by atoms with van der Waals surface area (Å²) in [6, 6.07) is 20.1. The van der Waals surface area contributed by atoms with Crippen molar-refractivity contribution in [2.75, 3.05) is 12.4 Å². The number of hydrogen-bond donors (Lipinski definition) is 1. The fourth-order valence-corrected chi connectivity index (χ4v) is 4.44. The van der Waals surface area contributed by atoms with Gasteiger partial charge in [0.05, 0.1) is 23.9 Å². The third-order valence-electron chi connectivity index (χ3n) is 5.79. The first-order valence-electron chi connectivity index (χ1n) is 10.2. The summed E-state index contributed by atoms with van der Waals surface area (Å²) in [6.45, 7) is 0. The van der Waals surface area contributed by atoms with E-state index in [9.17, 15) is 14.9 Å². The smallest absolute Gasteiger partial charge is 0.230 e. The first-order valence-corrected chi connectivity index (χ1v) is 10.6. The zero-order chi connectivity index (χ0) is 22.7. The fraction of sp³-hybridized carbons (Fsp3) is 0.200. The van der Waals surface area contributed by atoms with Crippen LogP contribution in [0.4, 0.5) is 5.69 Å². The molecule has 2 heterocycles. The van der Waals surface area contributed by atoms with Crippen molar-refractivity contribution in [3.8, 4) is 6.07 Å². The number of likely N-dealkylation sites (tertiary alicyclic amines) is 1. The molecule has 7 heteroatoms. The van der Waals surface area contributed by atoms with Crippen LogP contribution in [-0.4, -0.2) is 28.7 Å². The molecule has 1 aromatic heterocycles. The highest BCUT2D eigenvalue weighted by molar-refractivity contribution is 6.31. The molecule has 2 amide bonds. The van der Waals surface area contributed by atoms with Gasteiger partial charge in [-0.25, -0.2) is 0 Å². The number of nitrogens with zero attached hydrogens (tertiary/aromatic N) is 3. The molecule has 6 nitrogen and oxygen atoms in total. The molecular formula is C25H21ClN4O2. The van der Waals surface area contributed by atoms with Gasteiger partial charge in [0.25, 0.3) is 0 Å². The summed E-state index contributed by atoms with van der Waals surface area (Å²) >= 11 is 6.49. The molecule has 0 aliphatic carbocycles. The average Bonchev–Trinajstić information content (AvgIpc) is 3.11. The molecule has 1 N–H and O–H groups in total. The number of nitrogens with one attached hydrogen (secondary N) is 1. The molecule has 3 atom stereocenters. The van der Waals surface area contributed by atoms with Gasteiger partial charge in [-0.15, -0.1) is 0 Å². The molecule has 0 spiro atoms. The minimum absolute atomic E-state index is 0.0906. The van der Waals surface area contributed by atoms with Crippen LogP contribution in [0.3, 0.4) is 0 Å². The normalized spacial score (nSPS) is 18.8.